The Kier molecular flexibility index (Phi) is 25.0. The van der Waals surface area contributed by atoms with Crippen LogP contribution in [-0.2, 0) is 93.7 Å². The van der Waals surface area contributed by atoms with E-state index >= 15 is 0 Å². The fourth-order valence-corrected chi connectivity index (χ4v) is 18.7. The predicted octanol–water partition coefficient (Wildman–Crippen LogP) is 27.1. The highest BCUT2D eigenvalue weighted by molar-refractivity contribution is 5.61. The lowest BCUT2D eigenvalue weighted by molar-refractivity contribution is 0.238. The molecule has 7 N–H and O–H groups in total. The maximum atomic E-state index is 13.4. The van der Waals surface area contributed by atoms with Crippen molar-refractivity contribution in [3.63, 3.8) is 0 Å². The highest BCUT2D eigenvalue weighted by Crippen LogP contribution is 2.49. The summed E-state index contributed by atoms with van der Waals surface area (Å²) in [6.45, 7) is 63.6. The van der Waals surface area contributed by atoms with Crippen LogP contribution in [0.4, 0.5) is 0 Å². The lowest BCUT2D eigenvalue weighted by Gasteiger charge is -2.32. The van der Waals surface area contributed by atoms with Crippen LogP contribution < -0.4 is 23.7 Å². The molecule has 7 heterocycles. The van der Waals surface area contributed by atoms with Gasteiger partial charge >= 0.3 is 0 Å². The number of rotatable bonds is 15. The Morgan fingerprint density at radius 3 is 1.35 bits per heavy atom. The first-order valence-electron chi connectivity index (χ1n) is 46.4. The summed E-state index contributed by atoms with van der Waals surface area (Å²) in [7, 11) is 1.76. The van der Waals surface area contributed by atoms with Gasteiger partial charge < -0.3 is 58.9 Å². The Hall–Kier alpha value is -10.7. The molecule has 12 bridgehead atoms. The van der Waals surface area contributed by atoms with Gasteiger partial charge in [0.1, 0.15) is 65.8 Å². The van der Waals surface area contributed by atoms with Gasteiger partial charge in [-0.15, -0.1) is 0 Å². The zero-order valence-corrected chi connectivity index (χ0v) is 81.8. The summed E-state index contributed by atoms with van der Waals surface area (Å²) in [5, 5.41) is 39.3. The lowest BCUT2D eigenvalue weighted by atomic mass is 9.80. The van der Waals surface area contributed by atoms with Crippen LogP contribution in [0.15, 0.2) is 158 Å². The van der Waals surface area contributed by atoms with Crippen LogP contribution >= 0.6 is 0 Å². The molecule has 0 aliphatic carbocycles. The summed E-state index contributed by atoms with van der Waals surface area (Å²) in [5.74, 6) is 4.10. The van der Waals surface area contributed by atoms with Gasteiger partial charge in [-0.2, -0.15) is 0 Å². The van der Waals surface area contributed by atoms with Crippen molar-refractivity contribution in [3.05, 3.63) is 326 Å². The SMILES string of the molecule is CCOc1ccc(C(C)(C)C)cc1Cc1cc(C(C)(C)C)cc(Cc2cc(C(C)(C)C)cc(Cc3cc(C(C)(C)C)cc(C)c3O)c2OCC2(C)c3ccc([nH]3)C3COc4c(Cc5cc(C(C)(C)C)ccc5OC)cc(CC)cc4Cc4cc(C(C)(C)C)cc(c4O)Cc4cc(C(C)(C)C)cc(C)c4OCC(C)(c4ccc([nH]4)C(C)c4ccc3[nH]4)c3ccc2[nH]3)c1O. The number of phenolic OH excluding ortho intramolecular Hbond substituents is 3. The number of aromatic nitrogens is 4. The molecule has 3 aliphatic heterocycles. The summed E-state index contributed by atoms with van der Waals surface area (Å²) in [6, 6.07) is 58.1. The summed E-state index contributed by atoms with van der Waals surface area (Å²) in [6.07, 6.45) is 3.19. The predicted molar refractivity (Wildman–Crippen MR) is 523 cm³/mol. The van der Waals surface area contributed by atoms with E-state index in [2.05, 4.69) is 358 Å². The maximum absolute atomic E-state index is 13.4. The van der Waals surface area contributed by atoms with Gasteiger partial charge in [0.15, 0.2) is 0 Å². The van der Waals surface area contributed by atoms with E-state index in [1.165, 1.54) is 16.7 Å². The minimum atomic E-state index is -0.998. The number of benzene rings is 8. The highest BCUT2D eigenvalue weighted by Gasteiger charge is 2.42. The van der Waals surface area contributed by atoms with Gasteiger partial charge in [-0.25, -0.2) is 0 Å². The second-order valence-electron chi connectivity index (χ2n) is 44.8. The lowest BCUT2D eigenvalue weighted by Crippen LogP contribution is -2.35. The molecule has 127 heavy (non-hydrogen) atoms. The van der Waals surface area contributed by atoms with E-state index in [9.17, 15) is 15.3 Å². The van der Waals surface area contributed by atoms with Gasteiger partial charge in [0.2, 0.25) is 0 Å². The Balaban J connectivity index is 1.02. The molecule has 12 aromatic rings. The van der Waals surface area contributed by atoms with Gasteiger partial charge in [-0.05, 0) is 262 Å². The first-order chi connectivity index (χ1) is 59.3. The molecule has 4 unspecified atom stereocenters. The molecule has 0 saturated heterocycles. The summed E-state index contributed by atoms with van der Waals surface area (Å²) in [4.78, 5) is 16.5. The molecule has 0 fully saturated rings. The third kappa shape index (κ3) is 19.2. The largest absolute Gasteiger partial charge is 0.507 e. The van der Waals surface area contributed by atoms with E-state index in [0.29, 0.717) is 50.9 Å². The number of nitrogens with one attached hydrogen (secondary N) is 4. The summed E-state index contributed by atoms with van der Waals surface area (Å²) >= 11 is 0. The Morgan fingerprint density at radius 2 is 0.787 bits per heavy atom. The van der Waals surface area contributed by atoms with Gasteiger partial charge in [0, 0.05) is 90.0 Å². The van der Waals surface area contributed by atoms with Gasteiger partial charge in [0.25, 0.3) is 0 Å². The number of phenols is 3. The molecule has 4 atom stereocenters. The van der Waals surface area contributed by atoms with E-state index in [1.807, 2.05) is 13.8 Å². The number of methoxy groups -OCH3 is 1. The Bertz CT molecular complexity index is 6080. The van der Waals surface area contributed by atoms with E-state index in [-0.39, 0.29) is 80.9 Å². The molecule has 0 saturated carbocycles. The normalized spacial score (nSPS) is 17.2. The van der Waals surface area contributed by atoms with E-state index in [0.717, 1.165) is 181 Å². The number of hydrogen-bond donors (Lipinski definition) is 7. The van der Waals surface area contributed by atoms with Crippen LogP contribution in [0.3, 0.4) is 0 Å². The number of ether oxygens (including phenoxy) is 5. The second-order valence-corrected chi connectivity index (χ2v) is 44.8. The third-order valence-electron chi connectivity index (χ3n) is 27.5. The molecular formula is C115H144N4O8. The Labute approximate surface area is 758 Å². The molecule has 672 valence electrons. The fraction of sp³-hybridized carbons (Fsp3) is 0.443. The monoisotopic (exact) mass is 1710 g/mol. The van der Waals surface area contributed by atoms with Crippen molar-refractivity contribution in [2.75, 3.05) is 33.5 Å². The first kappa shape index (κ1) is 92.5. The molecule has 3 aliphatic rings. The van der Waals surface area contributed by atoms with Crippen molar-refractivity contribution < 1.29 is 39.0 Å². The van der Waals surface area contributed by atoms with Crippen LogP contribution in [0.25, 0.3) is 0 Å². The molecule has 8 aromatic carbocycles. The van der Waals surface area contributed by atoms with Crippen molar-refractivity contribution in [1.82, 2.24) is 19.9 Å². The molecule has 0 radical (unpaired) electrons. The third-order valence-corrected chi connectivity index (χ3v) is 27.5. The van der Waals surface area contributed by atoms with Crippen LogP contribution in [0.2, 0.25) is 0 Å². The molecule has 4 aromatic heterocycles. The minimum Gasteiger partial charge on any atom is -0.507 e. The van der Waals surface area contributed by atoms with Crippen LogP contribution in [0.1, 0.15) is 360 Å². The van der Waals surface area contributed by atoms with Crippen molar-refractivity contribution in [3.8, 4) is 46.0 Å². The van der Waals surface area contributed by atoms with E-state index in [1.54, 1.807) is 7.11 Å². The smallest absolute Gasteiger partial charge is 0.126 e. The van der Waals surface area contributed by atoms with Crippen LogP contribution in [-0.4, -0.2) is 68.8 Å². The zero-order chi connectivity index (χ0) is 92.1. The van der Waals surface area contributed by atoms with Crippen LogP contribution in [0.5, 0.6) is 46.0 Å². The fourth-order valence-electron chi connectivity index (χ4n) is 18.7. The molecule has 0 amide bonds. The zero-order valence-electron chi connectivity index (χ0n) is 81.8. The number of fused-ring (bicyclic) bond motifs is 2. The average Bonchev–Trinajstić information content (AvgIpc) is 1.61. The number of H-pyrrole nitrogens is 4. The summed E-state index contributed by atoms with van der Waals surface area (Å²) < 4.78 is 36.4. The van der Waals surface area contributed by atoms with Gasteiger partial charge in [-0.3, -0.25) is 0 Å². The standard InChI is InChI=1S/C115H144N4O8/c1-30-70-46-78(49-71-54-83(107(6,7)8)32-38-95(71)123-29)105-79(47-70)51-75-58-88(112(21,22)23)59-76(103(75)122)52-80-61-86(110(15,16)17)45-68(4)104(80)126-65-114(27)97-40-36-92(117-97)69(5)91-34-35-93(116-91)90(64-125-105)94-37-41-98(118-94)115(28,100-43-42-99(114)119-100)66-127-106-81(50-73-56-85(109(12,13)14)44-67(3)101(73)120)62-89(113(24,25)26)63-82(106)53-77-60-87(111(18,19)20)57-74(102(77)121)48-72-55-84(108(9,10)11)33-39-96(72)124-31-2/h32-47,54-63,69,90,116-122H,30-31,48-53,64-66H2,1-29H3. The van der Waals surface area contributed by atoms with Crippen LogP contribution in [0, 0.1) is 13.8 Å². The molecule has 12 heteroatoms. The Morgan fingerprint density at radius 1 is 0.378 bits per heavy atom. The van der Waals surface area contributed by atoms with Crippen molar-refractivity contribution in [2.24, 2.45) is 0 Å². The second kappa shape index (κ2) is 34.4. The average molecular weight is 1710 g/mol. The van der Waals surface area contributed by atoms with Gasteiger partial charge in [-0.1, -0.05) is 256 Å². The topological polar surface area (TPSA) is 170 Å². The molecule has 0 spiro atoms. The molecule has 12 nitrogen and oxygen atoms in total. The minimum absolute atomic E-state index is 0.0860. The highest BCUT2D eigenvalue weighted by atomic mass is 16.5. The number of hydrogen-bond acceptors (Lipinski definition) is 8. The van der Waals surface area contributed by atoms with Gasteiger partial charge in [0.05, 0.1) is 30.5 Å². The van der Waals surface area contributed by atoms with E-state index in [4.69, 9.17) is 23.7 Å². The molecular weight excluding hydrogens is 1570 g/mol. The van der Waals surface area contributed by atoms with Crippen molar-refractivity contribution >= 4 is 0 Å². The van der Waals surface area contributed by atoms with Crippen molar-refractivity contribution in [1.29, 1.82) is 0 Å². The summed E-state index contributed by atoms with van der Waals surface area (Å²) in [5.41, 5.74) is 26.2. The number of aromatic hydroxyl groups is 3. The quantitative estimate of drug-likeness (QED) is 0.0532. The maximum Gasteiger partial charge on any atom is 0.126 e. The van der Waals surface area contributed by atoms with Crippen molar-refractivity contribution in [2.45, 2.75) is 299 Å². The van der Waals surface area contributed by atoms with E-state index < -0.39 is 16.7 Å². The number of aryl methyl sites for hydroxylation is 3. The number of aromatic amines is 4. The molecule has 15 rings (SSSR count). The first-order valence-corrected chi connectivity index (χ1v) is 46.4.